The highest BCUT2D eigenvalue weighted by Gasteiger charge is 2.39. The summed E-state index contributed by atoms with van der Waals surface area (Å²) in [6.45, 7) is 2.38. The van der Waals surface area contributed by atoms with Crippen molar-refractivity contribution >= 4 is 0 Å². The third-order valence-electron chi connectivity index (χ3n) is 2.36. The number of ether oxygens (including phenoxy) is 2. The molecule has 69 valence electrons. The Hall–Kier alpha value is -0.160. The normalized spacial score (nSPS) is 43.0. The minimum Gasteiger partial charge on any atom is -0.375 e. The van der Waals surface area contributed by atoms with E-state index in [0.29, 0.717) is 0 Å². The molecule has 2 aliphatic heterocycles. The van der Waals surface area contributed by atoms with E-state index >= 15 is 0 Å². The molecule has 0 aromatic heterocycles. The van der Waals surface area contributed by atoms with Crippen LogP contribution in [-0.4, -0.2) is 31.3 Å². The molecule has 0 aromatic carbocycles. The van der Waals surface area contributed by atoms with E-state index in [0.717, 1.165) is 19.4 Å². The summed E-state index contributed by atoms with van der Waals surface area (Å²) in [6.07, 6.45) is 1.39. The zero-order chi connectivity index (χ0) is 8.55. The second-order valence-corrected chi connectivity index (χ2v) is 3.41. The second-order valence-electron chi connectivity index (χ2n) is 3.41. The number of hydrogen-bond acceptors (Lipinski definition) is 3. The molecule has 4 unspecified atom stereocenters. The van der Waals surface area contributed by atoms with Gasteiger partial charge in [0.2, 0.25) is 0 Å². The maximum absolute atomic E-state index is 10.8. The first-order valence-electron chi connectivity index (χ1n) is 4.44. The molecule has 2 saturated heterocycles. The molecule has 4 heteroatoms. The van der Waals surface area contributed by atoms with Crippen molar-refractivity contribution in [3.05, 3.63) is 0 Å². The summed E-state index contributed by atoms with van der Waals surface area (Å²) in [4.78, 5) is 0. The molecule has 12 heavy (non-hydrogen) atoms. The molecule has 2 fully saturated rings. The number of fused-ring (bicyclic) bond motifs is 1. The number of rotatable bonds is 2. The molecule has 0 saturated carbocycles. The predicted molar refractivity (Wildman–Crippen MR) is 40.9 cm³/mol. The average Bonchev–Trinajstić information content (AvgIpc) is 2.43. The van der Waals surface area contributed by atoms with Crippen molar-refractivity contribution in [1.82, 2.24) is 5.32 Å². The van der Waals surface area contributed by atoms with Gasteiger partial charge in [-0.1, -0.05) is 0 Å². The lowest BCUT2D eigenvalue weighted by Gasteiger charge is -2.14. The molecular formula is C8H14NO3. The van der Waals surface area contributed by atoms with Crippen LogP contribution < -0.4 is 5.32 Å². The molecule has 1 radical (unpaired) electrons. The molecule has 4 atom stereocenters. The van der Waals surface area contributed by atoms with Crippen molar-refractivity contribution < 1.29 is 14.6 Å². The van der Waals surface area contributed by atoms with Crippen LogP contribution in [0.25, 0.3) is 0 Å². The minimum absolute atomic E-state index is 0.0900. The van der Waals surface area contributed by atoms with Gasteiger partial charge in [-0.15, -0.1) is 0 Å². The van der Waals surface area contributed by atoms with Crippen LogP contribution in [0.3, 0.4) is 0 Å². The first-order chi connectivity index (χ1) is 5.75. The highest BCUT2D eigenvalue weighted by molar-refractivity contribution is 4.86. The Morgan fingerprint density at radius 1 is 1.50 bits per heavy atom. The van der Waals surface area contributed by atoms with E-state index in [4.69, 9.17) is 9.47 Å². The topological polar surface area (TPSA) is 50.4 Å². The van der Waals surface area contributed by atoms with E-state index < -0.39 is 6.23 Å². The lowest BCUT2D eigenvalue weighted by atomic mass is 10.2. The fraction of sp³-hybridized carbons (Fsp3) is 1.00. The Labute approximate surface area is 71.9 Å². The Balaban J connectivity index is 1.82. The summed E-state index contributed by atoms with van der Waals surface area (Å²) >= 11 is 0. The van der Waals surface area contributed by atoms with Gasteiger partial charge in [0.15, 0.2) is 0 Å². The molecule has 0 aliphatic carbocycles. The van der Waals surface area contributed by atoms with Crippen LogP contribution >= 0.6 is 0 Å². The third-order valence-corrected chi connectivity index (χ3v) is 2.36. The fourth-order valence-corrected chi connectivity index (χ4v) is 1.85. The first-order valence-corrected chi connectivity index (χ1v) is 4.44. The molecule has 1 N–H and O–H groups in total. The maximum Gasteiger partial charge on any atom is 0.142 e. The standard InChI is InChI=1S/C8H14NO3/c1-5(10)9-8-4-7-6(12-8)2-3-11-7/h5-9H,2-4H2,1H3. The molecule has 0 spiro atoms. The van der Waals surface area contributed by atoms with Gasteiger partial charge in [0.25, 0.3) is 0 Å². The molecule has 2 rings (SSSR count). The van der Waals surface area contributed by atoms with Gasteiger partial charge >= 0.3 is 0 Å². The average molecular weight is 172 g/mol. The van der Waals surface area contributed by atoms with Crippen LogP contribution in [0.5, 0.6) is 0 Å². The minimum atomic E-state index is -0.756. The van der Waals surface area contributed by atoms with Crippen LogP contribution in [0, 0.1) is 0 Å². The van der Waals surface area contributed by atoms with Crippen molar-refractivity contribution in [2.24, 2.45) is 0 Å². The summed E-state index contributed by atoms with van der Waals surface area (Å²) in [7, 11) is 0. The van der Waals surface area contributed by atoms with Crippen molar-refractivity contribution in [2.45, 2.75) is 44.4 Å². The largest absolute Gasteiger partial charge is 0.375 e. The highest BCUT2D eigenvalue weighted by atomic mass is 16.6. The Kier molecular flexibility index (Phi) is 2.32. The second kappa shape index (κ2) is 3.30. The van der Waals surface area contributed by atoms with Gasteiger partial charge in [0.05, 0.1) is 12.2 Å². The third kappa shape index (κ3) is 1.61. The maximum atomic E-state index is 10.8. The zero-order valence-electron chi connectivity index (χ0n) is 7.16. The quantitative estimate of drug-likeness (QED) is 0.608. The number of hydrogen-bond donors (Lipinski definition) is 1. The molecule has 2 aliphatic rings. The smallest absolute Gasteiger partial charge is 0.142 e. The monoisotopic (exact) mass is 172 g/mol. The van der Waals surface area contributed by atoms with Crippen molar-refractivity contribution in [2.75, 3.05) is 6.61 Å². The predicted octanol–water partition coefficient (Wildman–Crippen LogP) is 0.256. The van der Waals surface area contributed by atoms with Crippen molar-refractivity contribution in [1.29, 1.82) is 0 Å². The lowest BCUT2D eigenvalue weighted by Crippen LogP contribution is -2.35. The number of nitrogens with one attached hydrogen (secondary N) is 1. The summed E-state index contributed by atoms with van der Waals surface area (Å²) in [6, 6.07) is 0. The van der Waals surface area contributed by atoms with E-state index in [-0.39, 0.29) is 18.4 Å². The van der Waals surface area contributed by atoms with E-state index in [2.05, 4.69) is 5.32 Å². The summed E-state index contributed by atoms with van der Waals surface area (Å²) < 4.78 is 11.0. The van der Waals surface area contributed by atoms with E-state index in [1.165, 1.54) is 0 Å². The summed E-state index contributed by atoms with van der Waals surface area (Å²) in [5.74, 6) is 0. The van der Waals surface area contributed by atoms with E-state index in [1.807, 2.05) is 0 Å². The van der Waals surface area contributed by atoms with Gasteiger partial charge in [0.1, 0.15) is 12.5 Å². The Morgan fingerprint density at radius 2 is 2.33 bits per heavy atom. The van der Waals surface area contributed by atoms with E-state index in [1.54, 1.807) is 6.92 Å². The van der Waals surface area contributed by atoms with Crippen LogP contribution in [0.4, 0.5) is 0 Å². The van der Waals surface area contributed by atoms with E-state index in [9.17, 15) is 5.11 Å². The molecule has 2 heterocycles. The zero-order valence-corrected chi connectivity index (χ0v) is 7.16. The molecular weight excluding hydrogens is 158 g/mol. The molecule has 0 aromatic rings. The van der Waals surface area contributed by atoms with Crippen LogP contribution in [0.2, 0.25) is 0 Å². The Morgan fingerprint density at radius 3 is 3.00 bits per heavy atom. The van der Waals surface area contributed by atoms with Crippen LogP contribution in [0.15, 0.2) is 0 Å². The van der Waals surface area contributed by atoms with Crippen LogP contribution in [0.1, 0.15) is 19.8 Å². The van der Waals surface area contributed by atoms with Crippen LogP contribution in [-0.2, 0) is 14.6 Å². The molecule has 0 amide bonds. The van der Waals surface area contributed by atoms with Crippen molar-refractivity contribution in [3.63, 3.8) is 0 Å². The Bertz CT molecular complexity index is 150. The highest BCUT2D eigenvalue weighted by Crippen LogP contribution is 2.29. The lowest BCUT2D eigenvalue weighted by molar-refractivity contribution is -0.0281. The summed E-state index contributed by atoms with van der Waals surface area (Å²) in [5, 5.41) is 13.6. The first kappa shape index (κ1) is 8.44. The van der Waals surface area contributed by atoms with Gasteiger partial charge in [-0.25, -0.2) is 5.11 Å². The van der Waals surface area contributed by atoms with Gasteiger partial charge in [-0.05, 0) is 13.3 Å². The fourth-order valence-electron chi connectivity index (χ4n) is 1.85. The van der Waals surface area contributed by atoms with Gasteiger partial charge in [0, 0.05) is 13.0 Å². The summed E-state index contributed by atoms with van der Waals surface area (Å²) in [5.41, 5.74) is 0. The SMILES string of the molecule is CC([O])NC1CC2OCCC2O1. The molecule has 4 nitrogen and oxygen atoms in total. The molecule has 0 bridgehead atoms. The van der Waals surface area contributed by atoms with Gasteiger partial charge in [-0.2, -0.15) is 0 Å². The van der Waals surface area contributed by atoms with Crippen molar-refractivity contribution in [3.8, 4) is 0 Å². The van der Waals surface area contributed by atoms with Gasteiger partial charge in [-0.3, -0.25) is 5.32 Å². The van der Waals surface area contributed by atoms with Gasteiger partial charge < -0.3 is 9.47 Å².